The number of ether oxygens (including phenoxy) is 1. The molecule has 98 valence electrons. The fraction of sp³-hybridized carbons (Fsp3) is 0.133. The van der Waals surface area contributed by atoms with Gasteiger partial charge in [-0.2, -0.15) is 0 Å². The fourth-order valence-corrected chi connectivity index (χ4v) is 1.60. The number of carbonyl (C=O) groups excluding carboxylic acids is 1. The molecule has 0 radical (unpaired) electrons. The quantitative estimate of drug-likeness (QED) is 0.908. The Morgan fingerprint density at radius 1 is 1.21 bits per heavy atom. The number of benzene rings is 2. The van der Waals surface area contributed by atoms with Crippen LogP contribution in [0.3, 0.4) is 0 Å². The van der Waals surface area contributed by atoms with E-state index in [4.69, 9.17) is 4.74 Å². The SMILES string of the molecule is Cc1cc(NC(=O)OCc2ccccc2)ccc1F. The third kappa shape index (κ3) is 3.81. The fourth-order valence-electron chi connectivity index (χ4n) is 1.60. The van der Waals surface area contributed by atoms with Gasteiger partial charge in [0.1, 0.15) is 12.4 Å². The average molecular weight is 259 g/mol. The van der Waals surface area contributed by atoms with E-state index >= 15 is 0 Å². The zero-order valence-corrected chi connectivity index (χ0v) is 10.5. The number of hydrogen-bond donors (Lipinski definition) is 1. The first-order valence-corrected chi connectivity index (χ1v) is 5.89. The third-order valence-electron chi connectivity index (χ3n) is 2.62. The maximum absolute atomic E-state index is 13.1. The van der Waals surface area contributed by atoms with Crippen molar-refractivity contribution in [1.82, 2.24) is 0 Å². The molecule has 0 aromatic heterocycles. The Morgan fingerprint density at radius 2 is 1.95 bits per heavy atom. The van der Waals surface area contributed by atoms with Gasteiger partial charge < -0.3 is 4.74 Å². The molecule has 0 aliphatic heterocycles. The second-order valence-electron chi connectivity index (χ2n) is 4.15. The smallest absolute Gasteiger partial charge is 0.411 e. The van der Waals surface area contributed by atoms with Crippen LogP contribution in [-0.4, -0.2) is 6.09 Å². The van der Waals surface area contributed by atoms with E-state index in [-0.39, 0.29) is 12.4 Å². The van der Waals surface area contributed by atoms with E-state index in [1.807, 2.05) is 30.3 Å². The van der Waals surface area contributed by atoms with E-state index in [2.05, 4.69) is 5.32 Å². The molecule has 0 saturated carbocycles. The summed E-state index contributed by atoms with van der Waals surface area (Å²) in [5, 5.41) is 2.55. The molecule has 0 aliphatic rings. The first-order chi connectivity index (χ1) is 9.15. The summed E-state index contributed by atoms with van der Waals surface area (Å²) >= 11 is 0. The van der Waals surface area contributed by atoms with Crippen LogP contribution < -0.4 is 5.32 Å². The lowest BCUT2D eigenvalue weighted by Crippen LogP contribution is -2.13. The highest BCUT2D eigenvalue weighted by Crippen LogP contribution is 2.14. The molecule has 2 rings (SSSR count). The summed E-state index contributed by atoms with van der Waals surface area (Å²) in [6, 6.07) is 13.7. The summed E-state index contributed by atoms with van der Waals surface area (Å²) in [4.78, 5) is 11.6. The van der Waals surface area contributed by atoms with Gasteiger partial charge in [0.15, 0.2) is 0 Å². The first-order valence-electron chi connectivity index (χ1n) is 5.89. The van der Waals surface area contributed by atoms with Gasteiger partial charge in [-0.1, -0.05) is 30.3 Å². The van der Waals surface area contributed by atoms with Crippen LogP contribution in [0.25, 0.3) is 0 Å². The van der Waals surface area contributed by atoms with Crippen molar-refractivity contribution in [2.75, 3.05) is 5.32 Å². The Labute approximate surface area is 111 Å². The predicted octanol–water partition coefficient (Wildman–Crippen LogP) is 3.88. The van der Waals surface area contributed by atoms with Crippen LogP contribution in [0.5, 0.6) is 0 Å². The number of halogens is 1. The topological polar surface area (TPSA) is 38.3 Å². The van der Waals surface area contributed by atoms with Crippen LogP contribution in [-0.2, 0) is 11.3 Å². The molecule has 3 nitrogen and oxygen atoms in total. The highest BCUT2D eigenvalue weighted by atomic mass is 19.1. The second kappa shape index (κ2) is 6.00. The Bertz CT molecular complexity index is 570. The summed E-state index contributed by atoms with van der Waals surface area (Å²) in [7, 11) is 0. The molecule has 0 aliphatic carbocycles. The van der Waals surface area contributed by atoms with Crippen LogP contribution >= 0.6 is 0 Å². The predicted molar refractivity (Wildman–Crippen MR) is 71.4 cm³/mol. The summed E-state index contributed by atoms with van der Waals surface area (Å²) in [6.07, 6.45) is -0.560. The zero-order chi connectivity index (χ0) is 13.7. The summed E-state index contributed by atoms with van der Waals surface area (Å²) in [5.41, 5.74) is 1.89. The Morgan fingerprint density at radius 3 is 2.63 bits per heavy atom. The molecule has 4 heteroatoms. The molecule has 0 heterocycles. The number of nitrogens with one attached hydrogen (secondary N) is 1. The van der Waals surface area contributed by atoms with E-state index in [0.29, 0.717) is 11.3 Å². The van der Waals surface area contributed by atoms with E-state index in [0.717, 1.165) is 5.56 Å². The molecular formula is C15H14FNO2. The summed E-state index contributed by atoms with van der Waals surface area (Å²) in [5.74, 6) is -0.303. The molecule has 19 heavy (non-hydrogen) atoms. The number of rotatable bonds is 3. The van der Waals surface area contributed by atoms with E-state index in [1.54, 1.807) is 13.0 Å². The molecule has 0 bridgehead atoms. The molecule has 1 N–H and O–H groups in total. The van der Waals surface area contributed by atoms with Crippen molar-refractivity contribution in [2.45, 2.75) is 13.5 Å². The molecule has 2 aromatic rings. The van der Waals surface area contributed by atoms with Crippen LogP contribution in [0, 0.1) is 12.7 Å². The maximum Gasteiger partial charge on any atom is 0.411 e. The molecule has 2 aromatic carbocycles. The lowest BCUT2D eigenvalue weighted by molar-refractivity contribution is 0.155. The zero-order valence-electron chi connectivity index (χ0n) is 10.5. The number of hydrogen-bond acceptors (Lipinski definition) is 2. The molecule has 0 atom stereocenters. The minimum atomic E-state index is -0.560. The molecule has 0 unspecified atom stereocenters. The molecule has 0 fully saturated rings. The number of anilines is 1. The van der Waals surface area contributed by atoms with Gasteiger partial charge >= 0.3 is 6.09 Å². The highest BCUT2D eigenvalue weighted by molar-refractivity contribution is 5.84. The van der Waals surface area contributed by atoms with Gasteiger partial charge in [0, 0.05) is 5.69 Å². The van der Waals surface area contributed by atoms with Crippen LogP contribution in [0.15, 0.2) is 48.5 Å². The van der Waals surface area contributed by atoms with Gasteiger partial charge in [-0.25, -0.2) is 9.18 Å². The van der Waals surface area contributed by atoms with E-state index < -0.39 is 6.09 Å². The van der Waals surface area contributed by atoms with Gasteiger partial charge in [0.05, 0.1) is 0 Å². The number of amides is 1. The Balaban J connectivity index is 1.89. The highest BCUT2D eigenvalue weighted by Gasteiger charge is 2.05. The van der Waals surface area contributed by atoms with Crippen molar-refractivity contribution in [1.29, 1.82) is 0 Å². The molecule has 0 spiro atoms. The first kappa shape index (κ1) is 13.1. The average Bonchev–Trinajstić information content (AvgIpc) is 2.42. The summed E-state index contributed by atoms with van der Waals surface area (Å²) < 4.78 is 18.1. The Kier molecular flexibility index (Phi) is 4.13. The maximum atomic E-state index is 13.1. The van der Waals surface area contributed by atoms with E-state index in [9.17, 15) is 9.18 Å². The minimum absolute atomic E-state index is 0.201. The lowest BCUT2D eigenvalue weighted by Gasteiger charge is -2.08. The van der Waals surface area contributed by atoms with Crippen molar-refractivity contribution < 1.29 is 13.9 Å². The van der Waals surface area contributed by atoms with Gasteiger partial charge in [-0.15, -0.1) is 0 Å². The largest absolute Gasteiger partial charge is 0.444 e. The van der Waals surface area contributed by atoms with E-state index in [1.165, 1.54) is 12.1 Å². The number of aryl methyl sites for hydroxylation is 1. The second-order valence-corrected chi connectivity index (χ2v) is 4.15. The van der Waals surface area contributed by atoms with Crippen LogP contribution in [0.1, 0.15) is 11.1 Å². The van der Waals surface area contributed by atoms with Crippen molar-refractivity contribution in [3.63, 3.8) is 0 Å². The van der Waals surface area contributed by atoms with Crippen LogP contribution in [0.4, 0.5) is 14.9 Å². The normalized spacial score (nSPS) is 10.0. The third-order valence-corrected chi connectivity index (χ3v) is 2.62. The van der Waals surface area contributed by atoms with Gasteiger partial charge in [0.2, 0.25) is 0 Å². The van der Waals surface area contributed by atoms with Crippen molar-refractivity contribution in [3.8, 4) is 0 Å². The van der Waals surface area contributed by atoms with Gasteiger partial charge in [-0.3, -0.25) is 5.32 Å². The molecule has 0 saturated heterocycles. The lowest BCUT2D eigenvalue weighted by atomic mass is 10.2. The minimum Gasteiger partial charge on any atom is -0.444 e. The monoisotopic (exact) mass is 259 g/mol. The molecular weight excluding hydrogens is 245 g/mol. The van der Waals surface area contributed by atoms with Gasteiger partial charge in [0.25, 0.3) is 0 Å². The van der Waals surface area contributed by atoms with Gasteiger partial charge in [-0.05, 0) is 36.2 Å². The Hall–Kier alpha value is -2.36. The van der Waals surface area contributed by atoms with Crippen molar-refractivity contribution >= 4 is 11.8 Å². The van der Waals surface area contributed by atoms with Crippen molar-refractivity contribution in [2.24, 2.45) is 0 Å². The van der Waals surface area contributed by atoms with Crippen LogP contribution in [0.2, 0.25) is 0 Å². The molecule has 1 amide bonds. The summed E-state index contributed by atoms with van der Waals surface area (Å²) in [6.45, 7) is 1.84. The van der Waals surface area contributed by atoms with Crippen molar-refractivity contribution in [3.05, 3.63) is 65.5 Å². The standard InChI is InChI=1S/C15H14FNO2/c1-11-9-13(7-8-14(11)16)17-15(18)19-10-12-5-3-2-4-6-12/h2-9H,10H2,1H3,(H,17,18). The number of carbonyl (C=O) groups is 1.